The van der Waals surface area contributed by atoms with Crippen LogP contribution in [-0.2, 0) is 9.59 Å². The van der Waals surface area contributed by atoms with Crippen molar-refractivity contribution in [1.29, 1.82) is 0 Å². The number of hydrogen-bond acceptors (Lipinski definition) is 8. The summed E-state index contributed by atoms with van der Waals surface area (Å²) >= 11 is 0. The lowest BCUT2D eigenvalue weighted by Gasteiger charge is -2.32. The highest BCUT2D eigenvalue weighted by Crippen LogP contribution is 2.38. The molecule has 0 radical (unpaired) electrons. The SMILES string of the molecule is CN(CCCNC(=O)C[C@H]1C=CCC1)CCCN1C(=O)c2ccc3c4c(ccc(c24)C1=O)C(=O)N(CCCN(C)CCCNC(=O)C[C@H]1C=CCC1)C3=O. The predicted octanol–water partition coefficient (Wildman–Crippen LogP) is 4.40. The molecule has 2 aliphatic heterocycles. The molecule has 2 N–H and O–H groups in total. The zero-order valence-corrected chi connectivity index (χ0v) is 31.7. The van der Waals surface area contributed by atoms with Gasteiger partial charge in [-0.3, -0.25) is 38.6 Å². The monoisotopic (exact) mass is 738 g/mol. The summed E-state index contributed by atoms with van der Waals surface area (Å²) in [7, 11) is 3.97. The minimum atomic E-state index is -0.422. The minimum absolute atomic E-state index is 0.0839. The molecule has 2 aromatic rings. The summed E-state index contributed by atoms with van der Waals surface area (Å²) in [6, 6.07) is 6.44. The summed E-state index contributed by atoms with van der Waals surface area (Å²) in [4.78, 5) is 85.9. The van der Waals surface area contributed by atoms with E-state index in [2.05, 4.69) is 44.7 Å². The van der Waals surface area contributed by atoms with Crippen molar-refractivity contribution in [3.8, 4) is 0 Å². The van der Waals surface area contributed by atoms with Crippen molar-refractivity contribution in [2.24, 2.45) is 11.8 Å². The van der Waals surface area contributed by atoms with Crippen molar-refractivity contribution < 1.29 is 28.8 Å². The Morgan fingerprint density at radius 2 is 0.944 bits per heavy atom. The van der Waals surface area contributed by atoms with E-state index >= 15 is 0 Å². The Hall–Kier alpha value is -4.68. The van der Waals surface area contributed by atoms with E-state index < -0.39 is 23.6 Å². The third kappa shape index (κ3) is 9.15. The van der Waals surface area contributed by atoms with Gasteiger partial charge < -0.3 is 20.4 Å². The Morgan fingerprint density at radius 1 is 0.593 bits per heavy atom. The highest BCUT2D eigenvalue weighted by molar-refractivity contribution is 6.33. The Bertz CT molecular complexity index is 1640. The molecule has 2 aliphatic carbocycles. The van der Waals surface area contributed by atoms with Crippen LogP contribution >= 0.6 is 0 Å². The Balaban J connectivity index is 0.963. The average molecular weight is 739 g/mol. The lowest BCUT2D eigenvalue weighted by Crippen LogP contribution is -2.44. The van der Waals surface area contributed by atoms with Crippen LogP contribution in [0, 0.1) is 11.8 Å². The van der Waals surface area contributed by atoms with Gasteiger partial charge in [-0.1, -0.05) is 24.3 Å². The van der Waals surface area contributed by atoms with E-state index in [9.17, 15) is 28.8 Å². The molecule has 2 atom stereocenters. The number of imide groups is 2. The fraction of sp³-hybridized carbons (Fsp3) is 0.524. The van der Waals surface area contributed by atoms with Gasteiger partial charge in [0, 0.05) is 72.0 Å². The second-order valence-electron chi connectivity index (χ2n) is 15.3. The van der Waals surface area contributed by atoms with Gasteiger partial charge in [-0.25, -0.2) is 0 Å². The number of carbonyl (C=O) groups excluding carboxylic acids is 6. The summed E-state index contributed by atoms with van der Waals surface area (Å²) < 4.78 is 0. The zero-order chi connectivity index (χ0) is 38.2. The van der Waals surface area contributed by atoms with E-state index in [1.807, 2.05) is 14.1 Å². The Labute approximate surface area is 317 Å². The number of nitrogens with zero attached hydrogens (tertiary/aromatic N) is 4. The molecule has 0 unspecified atom stereocenters. The number of benzene rings is 2. The summed E-state index contributed by atoms with van der Waals surface area (Å²) in [5.74, 6) is -0.815. The van der Waals surface area contributed by atoms with Crippen molar-refractivity contribution in [3.05, 3.63) is 70.8 Å². The van der Waals surface area contributed by atoms with Gasteiger partial charge in [-0.2, -0.15) is 0 Å². The molecule has 0 fully saturated rings. The standard InChI is InChI=1S/C42H54N6O6/c1-45(21-7-19-43-35(49)27-29-11-3-4-12-29)23-9-25-47-39(51)31-15-17-33-38-34(18-16-32(37(31)38)40(47)52)42(54)48(41(33)53)26-10-24-46(2)22-8-20-44-36(50)28-30-13-5-6-14-30/h3,5,11,13,15-18,29-30H,4,6-10,12,14,19-28H2,1-2H3,(H,43,49)(H,44,50)/t29-,30-/m0/s1. The van der Waals surface area contributed by atoms with Gasteiger partial charge in [0.15, 0.2) is 0 Å². The number of hydrogen-bond donors (Lipinski definition) is 2. The van der Waals surface area contributed by atoms with E-state index in [0.29, 0.717) is 96.7 Å². The topological polar surface area (TPSA) is 139 Å². The van der Waals surface area contributed by atoms with Crippen molar-refractivity contribution in [2.45, 2.75) is 64.2 Å². The Morgan fingerprint density at radius 3 is 1.28 bits per heavy atom. The molecular weight excluding hydrogens is 684 g/mol. The van der Waals surface area contributed by atoms with E-state index in [0.717, 1.165) is 51.6 Å². The Kier molecular flexibility index (Phi) is 13.1. The van der Waals surface area contributed by atoms with Crippen LogP contribution in [0.2, 0.25) is 0 Å². The molecule has 2 aromatic carbocycles. The number of rotatable bonds is 20. The first kappa shape index (κ1) is 39.0. The molecule has 6 rings (SSSR count). The first-order valence-corrected chi connectivity index (χ1v) is 19.7. The summed E-state index contributed by atoms with van der Waals surface area (Å²) in [5.41, 5.74) is 1.29. The zero-order valence-electron chi connectivity index (χ0n) is 31.7. The molecule has 4 aliphatic rings. The number of carbonyl (C=O) groups is 6. The van der Waals surface area contributed by atoms with Crippen LogP contribution in [0.5, 0.6) is 0 Å². The van der Waals surface area contributed by atoms with Gasteiger partial charge in [0.05, 0.1) is 0 Å². The first-order valence-electron chi connectivity index (χ1n) is 19.7. The fourth-order valence-electron chi connectivity index (χ4n) is 8.11. The molecule has 0 aromatic heterocycles. The van der Waals surface area contributed by atoms with Crippen LogP contribution in [0.15, 0.2) is 48.6 Å². The quantitative estimate of drug-likeness (QED) is 0.116. The number of allylic oxidation sites excluding steroid dienone is 4. The molecule has 0 saturated heterocycles. The average Bonchev–Trinajstić information content (AvgIpc) is 3.87. The summed E-state index contributed by atoms with van der Waals surface area (Å²) in [6.45, 7) is 4.58. The first-order chi connectivity index (χ1) is 26.1. The molecular formula is C42H54N6O6. The highest BCUT2D eigenvalue weighted by Gasteiger charge is 2.39. The lowest BCUT2D eigenvalue weighted by atomic mass is 9.86. The number of amides is 6. The molecule has 0 bridgehead atoms. The molecule has 288 valence electrons. The molecule has 6 amide bonds. The fourth-order valence-corrected chi connectivity index (χ4v) is 8.11. The maximum absolute atomic E-state index is 13.7. The van der Waals surface area contributed by atoms with Gasteiger partial charge in [0.25, 0.3) is 23.6 Å². The molecule has 12 heteroatoms. The van der Waals surface area contributed by atoms with Crippen LogP contribution in [0.1, 0.15) is 106 Å². The maximum Gasteiger partial charge on any atom is 0.261 e. The van der Waals surface area contributed by atoms with Crippen LogP contribution < -0.4 is 10.6 Å². The van der Waals surface area contributed by atoms with Gasteiger partial charge >= 0.3 is 0 Å². The van der Waals surface area contributed by atoms with E-state index in [1.54, 1.807) is 24.3 Å². The predicted molar refractivity (Wildman–Crippen MR) is 207 cm³/mol. The molecule has 2 heterocycles. The largest absolute Gasteiger partial charge is 0.356 e. The van der Waals surface area contributed by atoms with Crippen molar-refractivity contribution >= 4 is 46.2 Å². The maximum atomic E-state index is 13.7. The van der Waals surface area contributed by atoms with E-state index in [4.69, 9.17) is 0 Å². The normalized spacial score (nSPS) is 19.0. The second-order valence-corrected chi connectivity index (χ2v) is 15.3. The number of nitrogens with one attached hydrogen (secondary N) is 2. The summed E-state index contributed by atoms with van der Waals surface area (Å²) in [6.07, 6.45) is 16.5. The lowest BCUT2D eigenvalue weighted by molar-refractivity contribution is -0.122. The van der Waals surface area contributed by atoms with E-state index in [-0.39, 0.29) is 24.9 Å². The van der Waals surface area contributed by atoms with Crippen LogP contribution in [-0.4, -0.2) is 121 Å². The van der Waals surface area contributed by atoms with Crippen molar-refractivity contribution in [3.63, 3.8) is 0 Å². The van der Waals surface area contributed by atoms with Crippen LogP contribution in [0.3, 0.4) is 0 Å². The second kappa shape index (κ2) is 18.1. The highest BCUT2D eigenvalue weighted by atomic mass is 16.2. The molecule has 12 nitrogen and oxygen atoms in total. The van der Waals surface area contributed by atoms with Gasteiger partial charge in [0.2, 0.25) is 11.8 Å². The molecule has 0 spiro atoms. The van der Waals surface area contributed by atoms with Crippen LogP contribution in [0.25, 0.3) is 10.8 Å². The molecule has 54 heavy (non-hydrogen) atoms. The smallest absolute Gasteiger partial charge is 0.261 e. The van der Waals surface area contributed by atoms with Crippen molar-refractivity contribution in [2.75, 3.05) is 66.5 Å². The van der Waals surface area contributed by atoms with Gasteiger partial charge in [0.1, 0.15) is 0 Å². The van der Waals surface area contributed by atoms with Gasteiger partial charge in [-0.05, 0) is 128 Å². The van der Waals surface area contributed by atoms with Crippen LogP contribution in [0.4, 0.5) is 0 Å². The summed E-state index contributed by atoms with van der Waals surface area (Å²) in [5, 5.41) is 6.77. The van der Waals surface area contributed by atoms with E-state index in [1.165, 1.54) is 9.80 Å². The van der Waals surface area contributed by atoms with Crippen molar-refractivity contribution in [1.82, 2.24) is 30.2 Å². The minimum Gasteiger partial charge on any atom is -0.356 e. The van der Waals surface area contributed by atoms with Gasteiger partial charge in [-0.15, -0.1) is 0 Å². The molecule has 0 saturated carbocycles. The third-order valence-corrected chi connectivity index (χ3v) is 11.1. The third-order valence-electron chi connectivity index (χ3n) is 11.1.